The van der Waals surface area contributed by atoms with E-state index in [1.807, 2.05) is 36.4 Å². The molecule has 1 saturated heterocycles. The van der Waals surface area contributed by atoms with Crippen molar-refractivity contribution in [3.63, 3.8) is 0 Å². The fraction of sp³-hybridized carbons (Fsp3) is 0.375. The summed E-state index contributed by atoms with van der Waals surface area (Å²) >= 11 is 2.83. The Balaban J connectivity index is 1.59. The van der Waals surface area contributed by atoms with Crippen LogP contribution in [0.25, 0.3) is 0 Å². The van der Waals surface area contributed by atoms with Crippen molar-refractivity contribution in [2.45, 2.75) is 4.34 Å². The number of morpholine rings is 1. The number of carbonyl (C=O) groups excluding carboxylic acids is 1. The van der Waals surface area contributed by atoms with Gasteiger partial charge >= 0.3 is 0 Å². The third-order valence-electron chi connectivity index (χ3n) is 3.59. The lowest BCUT2D eigenvalue weighted by molar-refractivity contribution is -0.116. The van der Waals surface area contributed by atoms with Gasteiger partial charge in [-0.15, -0.1) is 10.2 Å². The van der Waals surface area contributed by atoms with Crippen molar-refractivity contribution in [3.05, 3.63) is 30.3 Å². The monoisotopic (exact) mass is 375 g/mol. The van der Waals surface area contributed by atoms with Crippen LogP contribution < -0.4 is 9.80 Å². The quantitative estimate of drug-likeness (QED) is 0.564. The second kappa shape index (κ2) is 8.80. The van der Waals surface area contributed by atoms with Gasteiger partial charge in [-0.05, 0) is 12.1 Å². The number of aromatic nitrogens is 2. The number of nitrogens with zero attached hydrogens (tertiary/aromatic N) is 5. The largest absolute Gasteiger partial charge is 0.378 e. The van der Waals surface area contributed by atoms with Crippen molar-refractivity contribution >= 4 is 39.8 Å². The van der Waals surface area contributed by atoms with Crippen molar-refractivity contribution in [1.82, 2.24) is 10.2 Å². The van der Waals surface area contributed by atoms with Crippen LogP contribution in [0.4, 0.5) is 10.8 Å². The maximum Gasteiger partial charge on any atom is 0.238 e. The molecule has 0 N–H and O–H groups in total. The maximum atomic E-state index is 12.5. The van der Waals surface area contributed by atoms with Gasteiger partial charge < -0.3 is 9.64 Å². The lowest BCUT2D eigenvalue weighted by Gasteiger charge is -2.25. The molecule has 130 valence electrons. The molecule has 25 heavy (non-hydrogen) atoms. The zero-order chi connectivity index (χ0) is 17.5. The predicted molar refractivity (Wildman–Crippen MR) is 98.1 cm³/mol. The van der Waals surface area contributed by atoms with Gasteiger partial charge in [0, 0.05) is 18.8 Å². The van der Waals surface area contributed by atoms with Crippen molar-refractivity contribution in [2.75, 3.05) is 48.4 Å². The highest BCUT2D eigenvalue weighted by Crippen LogP contribution is 2.29. The molecule has 0 radical (unpaired) electrons. The van der Waals surface area contributed by atoms with Gasteiger partial charge in [0.15, 0.2) is 4.34 Å². The molecular weight excluding hydrogens is 358 g/mol. The molecule has 7 nitrogen and oxygen atoms in total. The molecule has 0 spiro atoms. The zero-order valence-electron chi connectivity index (χ0n) is 13.5. The average molecular weight is 375 g/mol. The van der Waals surface area contributed by atoms with Crippen molar-refractivity contribution in [1.29, 1.82) is 5.26 Å². The van der Waals surface area contributed by atoms with E-state index < -0.39 is 0 Å². The Kier molecular flexibility index (Phi) is 6.22. The fourth-order valence-corrected chi connectivity index (χ4v) is 4.12. The summed E-state index contributed by atoms with van der Waals surface area (Å²) in [5.41, 5.74) is 0.723. The second-order valence-electron chi connectivity index (χ2n) is 5.21. The Morgan fingerprint density at radius 2 is 2.08 bits per heavy atom. The normalized spacial score (nSPS) is 14.1. The summed E-state index contributed by atoms with van der Waals surface area (Å²) in [6.07, 6.45) is 0. The molecule has 2 heterocycles. The van der Waals surface area contributed by atoms with Crippen LogP contribution in [-0.2, 0) is 9.53 Å². The topological polar surface area (TPSA) is 82.3 Å². The third kappa shape index (κ3) is 4.69. The molecule has 1 aliphatic rings. The summed E-state index contributed by atoms with van der Waals surface area (Å²) < 4.78 is 6.08. The second-order valence-corrected chi connectivity index (χ2v) is 7.39. The summed E-state index contributed by atoms with van der Waals surface area (Å²) in [4.78, 5) is 16.1. The van der Waals surface area contributed by atoms with Gasteiger partial charge in [0.05, 0.1) is 25.0 Å². The number of para-hydroxylation sites is 1. The van der Waals surface area contributed by atoms with Gasteiger partial charge in [-0.25, -0.2) is 0 Å². The number of anilines is 2. The van der Waals surface area contributed by atoms with Crippen LogP contribution in [0.2, 0.25) is 0 Å². The highest BCUT2D eigenvalue weighted by molar-refractivity contribution is 8.01. The van der Waals surface area contributed by atoms with Crippen LogP contribution in [0, 0.1) is 11.3 Å². The average Bonchev–Trinajstić information content (AvgIpc) is 3.15. The smallest absolute Gasteiger partial charge is 0.238 e. The van der Waals surface area contributed by atoms with Gasteiger partial charge in [0.25, 0.3) is 0 Å². The Labute approximate surface area is 154 Å². The molecule has 1 aromatic carbocycles. The Morgan fingerprint density at radius 3 is 2.80 bits per heavy atom. The molecule has 0 atom stereocenters. The molecule has 0 aliphatic carbocycles. The van der Waals surface area contributed by atoms with E-state index in [0.717, 1.165) is 28.2 Å². The third-order valence-corrected chi connectivity index (χ3v) is 5.70. The van der Waals surface area contributed by atoms with E-state index in [0.29, 0.717) is 13.2 Å². The molecule has 3 rings (SSSR count). The number of hydrogen-bond donors (Lipinski definition) is 0. The number of benzene rings is 1. The molecule has 0 saturated carbocycles. The molecule has 2 aromatic rings. The first-order valence-electron chi connectivity index (χ1n) is 7.79. The first-order valence-corrected chi connectivity index (χ1v) is 9.59. The van der Waals surface area contributed by atoms with Crippen LogP contribution in [0.5, 0.6) is 0 Å². The molecule has 9 heteroatoms. The lowest BCUT2D eigenvalue weighted by atomic mass is 10.3. The minimum Gasteiger partial charge on any atom is -0.378 e. The van der Waals surface area contributed by atoms with Gasteiger partial charge in [-0.2, -0.15) is 5.26 Å². The zero-order valence-corrected chi connectivity index (χ0v) is 15.1. The van der Waals surface area contributed by atoms with Crippen LogP contribution >= 0.6 is 23.1 Å². The summed E-state index contributed by atoms with van der Waals surface area (Å²) in [5.74, 6) is 0.0924. The number of thioether (sulfide) groups is 1. The summed E-state index contributed by atoms with van der Waals surface area (Å²) in [7, 11) is 0. The number of carbonyl (C=O) groups is 1. The molecule has 0 bridgehead atoms. The van der Waals surface area contributed by atoms with E-state index in [9.17, 15) is 4.79 Å². The minimum atomic E-state index is -0.124. The van der Waals surface area contributed by atoms with Crippen molar-refractivity contribution in [3.8, 4) is 6.07 Å². The van der Waals surface area contributed by atoms with Gasteiger partial charge in [0.2, 0.25) is 11.0 Å². The molecule has 1 aromatic heterocycles. The highest BCUT2D eigenvalue weighted by atomic mass is 32.2. The van der Waals surface area contributed by atoms with Crippen LogP contribution in [-0.4, -0.2) is 54.7 Å². The van der Waals surface area contributed by atoms with E-state index in [-0.39, 0.29) is 18.2 Å². The Bertz CT molecular complexity index is 740. The highest BCUT2D eigenvalue weighted by Gasteiger charge is 2.19. The molecule has 1 fully saturated rings. The van der Waals surface area contributed by atoms with Gasteiger partial charge in [-0.1, -0.05) is 41.3 Å². The van der Waals surface area contributed by atoms with E-state index in [4.69, 9.17) is 10.00 Å². The van der Waals surface area contributed by atoms with Gasteiger partial charge in [0.1, 0.15) is 6.54 Å². The van der Waals surface area contributed by atoms with Crippen LogP contribution in [0.3, 0.4) is 0 Å². The van der Waals surface area contributed by atoms with Crippen LogP contribution in [0.15, 0.2) is 34.7 Å². The number of amides is 1. The lowest BCUT2D eigenvalue weighted by Crippen LogP contribution is -2.36. The minimum absolute atomic E-state index is 0.0263. The molecule has 1 aliphatic heterocycles. The Morgan fingerprint density at radius 1 is 1.32 bits per heavy atom. The van der Waals surface area contributed by atoms with E-state index >= 15 is 0 Å². The standard InChI is InChI=1S/C16H17N5O2S2/c17-6-7-21(13-4-2-1-3-5-13)14(22)12-24-16-19-18-15(25-16)20-8-10-23-11-9-20/h1-5H,7-12H2. The molecule has 1 amide bonds. The predicted octanol–water partition coefficient (Wildman–Crippen LogP) is 2.02. The van der Waals surface area contributed by atoms with Crippen molar-refractivity contribution in [2.24, 2.45) is 0 Å². The van der Waals surface area contributed by atoms with E-state index in [1.165, 1.54) is 28.0 Å². The summed E-state index contributed by atoms with van der Waals surface area (Å²) in [5, 5.41) is 18.2. The Hall–Kier alpha value is -2.15. The number of rotatable bonds is 6. The first kappa shape index (κ1) is 17.7. The fourth-order valence-electron chi connectivity index (χ4n) is 2.35. The maximum absolute atomic E-state index is 12.5. The summed E-state index contributed by atoms with van der Waals surface area (Å²) in [6.45, 7) is 3.03. The van der Waals surface area contributed by atoms with E-state index in [2.05, 4.69) is 15.1 Å². The van der Waals surface area contributed by atoms with Crippen LogP contribution in [0.1, 0.15) is 0 Å². The van der Waals surface area contributed by atoms with Crippen molar-refractivity contribution < 1.29 is 9.53 Å². The molecule has 0 unspecified atom stereocenters. The first-order chi connectivity index (χ1) is 12.3. The number of hydrogen-bond acceptors (Lipinski definition) is 8. The summed E-state index contributed by atoms with van der Waals surface area (Å²) in [6, 6.07) is 11.3. The van der Waals surface area contributed by atoms with E-state index in [1.54, 1.807) is 0 Å². The van der Waals surface area contributed by atoms with Gasteiger partial charge in [-0.3, -0.25) is 9.69 Å². The molecular formula is C16H17N5O2S2. The number of ether oxygens (including phenoxy) is 1. The number of nitriles is 1. The SMILES string of the molecule is N#CCN(C(=O)CSc1nnc(N2CCOCC2)s1)c1ccccc1.